The van der Waals surface area contributed by atoms with Crippen molar-refractivity contribution in [3.05, 3.63) is 41.8 Å². The highest BCUT2D eigenvalue weighted by molar-refractivity contribution is 5.64. The second-order valence-electron chi connectivity index (χ2n) is 5.84. The van der Waals surface area contributed by atoms with E-state index in [2.05, 4.69) is 14.9 Å². The molecule has 3 nitrogen and oxygen atoms in total. The molecule has 20 heavy (non-hydrogen) atoms. The highest BCUT2D eigenvalue weighted by Crippen LogP contribution is 2.45. The normalized spacial score (nSPS) is 23.8. The molecule has 2 heterocycles. The van der Waals surface area contributed by atoms with E-state index in [1.165, 1.54) is 12.5 Å². The molecule has 0 bridgehead atoms. The molecule has 0 amide bonds. The molecule has 2 atom stereocenters. The van der Waals surface area contributed by atoms with Crippen LogP contribution in [0.3, 0.4) is 0 Å². The van der Waals surface area contributed by atoms with Crippen LogP contribution in [-0.2, 0) is 0 Å². The van der Waals surface area contributed by atoms with Crippen LogP contribution >= 0.6 is 0 Å². The highest BCUT2D eigenvalue weighted by atomic mass is 19.1. The summed E-state index contributed by atoms with van der Waals surface area (Å²) in [5.41, 5.74) is 2.16. The molecule has 0 radical (unpaired) electrons. The van der Waals surface area contributed by atoms with Gasteiger partial charge in [-0.3, -0.25) is 0 Å². The van der Waals surface area contributed by atoms with Gasteiger partial charge in [0.05, 0.1) is 5.69 Å². The number of nitrogens with zero attached hydrogens (tertiary/aromatic N) is 3. The van der Waals surface area contributed by atoms with Crippen molar-refractivity contribution in [3.8, 4) is 11.3 Å². The second-order valence-corrected chi connectivity index (χ2v) is 5.84. The first-order chi connectivity index (χ1) is 9.72. The Balaban J connectivity index is 1.74. The third-order valence-electron chi connectivity index (χ3n) is 4.35. The van der Waals surface area contributed by atoms with Crippen molar-refractivity contribution in [1.29, 1.82) is 0 Å². The maximum Gasteiger partial charge on any atom is 0.225 e. The van der Waals surface area contributed by atoms with Crippen molar-refractivity contribution in [2.75, 3.05) is 18.0 Å². The minimum atomic E-state index is -0.232. The first-order valence-corrected chi connectivity index (χ1v) is 7.06. The molecule has 0 spiro atoms. The number of fused-ring (bicyclic) bond motifs is 1. The fourth-order valence-electron chi connectivity index (χ4n) is 3.07. The summed E-state index contributed by atoms with van der Waals surface area (Å²) in [6.07, 6.45) is 3.15. The summed E-state index contributed by atoms with van der Waals surface area (Å²) >= 11 is 0. The predicted molar refractivity (Wildman–Crippen MR) is 76.0 cm³/mol. The smallest absolute Gasteiger partial charge is 0.225 e. The highest BCUT2D eigenvalue weighted by Gasteiger charge is 2.45. The van der Waals surface area contributed by atoms with Crippen molar-refractivity contribution >= 4 is 5.95 Å². The average molecular weight is 269 g/mol. The van der Waals surface area contributed by atoms with Crippen LogP contribution < -0.4 is 4.90 Å². The summed E-state index contributed by atoms with van der Waals surface area (Å²) in [6, 6.07) is 6.78. The zero-order chi connectivity index (χ0) is 13.7. The standard InChI is InChI=1S/C16H16FN3/c1-10-7-18-16(20-8-11-6-12(11)9-20)19-15(10)13-4-2-3-5-14(13)17/h2-5,7,11-12H,6,8-9H2,1H3. The first-order valence-electron chi connectivity index (χ1n) is 7.06. The summed E-state index contributed by atoms with van der Waals surface area (Å²) in [7, 11) is 0. The van der Waals surface area contributed by atoms with Gasteiger partial charge in [-0.05, 0) is 42.9 Å². The van der Waals surface area contributed by atoms with Crippen LogP contribution in [0, 0.1) is 24.6 Å². The lowest BCUT2D eigenvalue weighted by atomic mass is 10.1. The predicted octanol–water partition coefficient (Wildman–Crippen LogP) is 3.05. The third kappa shape index (κ3) is 1.87. The Labute approximate surface area is 117 Å². The number of hydrogen-bond donors (Lipinski definition) is 0. The zero-order valence-electron chi connectivity index (χ0n) is 11.4. The van der Waals surface area contributed by atoms with Gasteiger partial charge in [-0.2, -0.15) is 0 Å². The van der Waals surface area contributed by atoms with E-state index in [0.29, 0.717) is 11.3 Å². The molecule has 4 rings (SSSR count). The van der Waals surface area contributed by atoms with Gasteiger partial charge in [0.2, 0.25) is 5.95 Å². The molecule has 1 aliphatic carbocycles. The Morgan fingerprint density at radius 1 is 1.20 bits per heavy atom. The van der Waals surface area contributed by atoms with Gasteiger partial charge in [0.1, 0.15) is 5.82 Å². The quantitative estimate of drug-likeness (QED) is 0.839. The number of hydrogen-bond acceptors (Lipinski definition) is 3. The van der Waals surface area contributed by atoms with Crippen LogP contribution in [0.4, 0.5) is 10.3 Å². The fraction of sp³-hybridized carbons (Fsp3) is 0.375. The van der Waals surface area contributed by atoms with E-state index in [-0.39, 0.29) is 5.82 Å². The molecule has 2 aliphatic rings. The Morgan fingerprint density at radius 3 is 2.70 bits per heavy atom. The van der Waals surface area contributed by atoms with Crippen molar-refractivity contribution in [1.82, 2.24) is 9.97 Å². The maximum absolute atomic E-state index is 14.0. The average Bonchev–Trinajstić information content (AvgIpc) is 3.07. The van der Waals surface area contributed by atoms with E-state index < -0.39 is 0 Å². The largest absolute Gasteiger partial charge is 0.340 e. The van der Waals surface area contributed by atoms with E-state index in [4.69, 9.17) is 0 Å². The summed E-state index contributed by atoms with van der Waals surface area (Å²) in [4.78, 5) is 11.3. The SMILES string of the molecule is Cc1cnc(N2CC3CC3C2)nc1-c1ccccc1F. The lowest BCUT2D eigenvalue weighted by Crippen LogP contribution is -2.24. The van der Waals surface area contributed by atoms with E-state index >= 15 is 0 Å². The number of rotatable bonds is 2. The molecule has 1 aromatic carbocycles. The Kier molecular flexibility index (Phi) is 2.52. The summed E-state index contributed by atoms with van der Waals surface area (Å²) in [6.45, 7) is 4.02. The topological polar surface area (TPSA) is 29.0 Å². The Morgan fingerprint density at radius 2 is 1.95 bits per heavy atom. The van der Waals surface area contributed by atoms with Crippen LogP contribution in [0.5, 0.6) is 0 Å². The van der Waals surface area contributed by atoms with Crippen LogP contribution in [0.25, 0.3) is 11.3 Å². The van der Waals surface area contributed by atoms with Crippen molar-refractivity contribution in [3.63, 3.8) is 0 Å². The molecule has 1 aliphatic heterocycles. The number of anilines is 1. The Hall–Kier alpha value is -1.97. The molecule has 0 N–H and O–H groups in total. The number of aryl methyl sites for hydroxylation is 1. The van der Waals surface area contributed by atoms with E-state index in [1.807, 2.05) is 13.0 Å². The lowest BCUT2D eigenvalue weighted by Gasteiger charge is -2.19. The monoisotopic (exact) mass is 269 g/mol. The summed E-state index contributed by atoms with van der Waals surface area (Å²) in [5.74, 6) is 2.17. The van der Waals surface area contributed by atoms with Crippen LogP contribution in [0.15, 0.2) is 30.5 Å². The van der Waals surface area contributed by atoms with Crippen LogP contribution in [0.2, 0.25) is 0 Å². The first kappa shape index (κ1) is 11.8. The van der Waals surface area contributed by atoms with Crippen LogP contribution in [0.1, 0.15) is 12.0 Å². The fourth-order valence-corrected chi connectivity index (χ4v) is 3.07. The second kappa shape index (κ2) is 4.27. The molecular weight excluding hydrogens is 253 g/mol. The minimum Gasteiger partial charge on any atom is -0.340 e. The van der Waals surface area contributed by atoms with E-state index in [9.17, 15) is 4.39 Å². The van der Waals surface area contributed by atoms with Gasteiger partial charge in [-0.15, -0.1) is 0 Å². The molecule has 1 saturated heterocycles. The maximum atomic E-state index is 14.0. The molecule has 2 fully saturated rings. The van der Waals surface area contributed by atoms with Crippen molar-refractivity contribution < 1.29 is 4.39 Å². The van der Waals surface area contributed by atoms with Gasteiger partial charge >= 0.3 is 0 Å². The molecule has 1 saturated carbocycles. The summed E-state index contributed by atoms with van der Waals surface area (Å²) < 4.78 is 14.0. The number of piperidine rings is 1. The zero-order valence-corrected chi connectivity index (χ0v) is 11.4. The molecule has 4 heteroatoms. The lowest BCUT2D eigenvalue weighted by molar-refractivity contribution is 0.630. The van der Waals surface area contributed by atoms with Gasteiger partial charge in [0.25, 0.3) is 0 Å². The molecule has 1 aromatic heterocycles. The molecule has 2 aromatic rings. The minimum absolute atomic E-state index is 0.232. The van der Waals surface area contributed by atoms with Crippen molar-refractivity contribution in [2.45, 2.75) is 13.3 Å². The summed E-state index contributed by atoms with van der Waals surface area (Å²) in [5, 5.41) is 0. The Bertz CT molecular complexity index is 661. The number of benzene rings is 1. The van der Waals surface area contributed by atoms with E-state index in [1.54, 1.807) is 18.3 Å². The van der Waals surface area contributed by atoms with Gasteiger partial charge in [-0.25, -0.2) is 14.4 Å². The number of halogens is 1. The van der Waals surface area contributed by atoms with E-state index in [0.717, 1.165) is 36.4 Å². The third-order valence-corrected chi connectivity index (χ3v) is 4.35. The van der Waals surface area contributed by atoms with Gasteiger partial charge in [0, 0.05) is 24.8 Å². The molecule has 102 valence electrons. The van der Waals surface area contributed by atoms with Crippen molar-refractivity contribution in [2.24, 2.45) is 11.8 Å². The number of aromatic nitrogens is 2. The van der Waals surface area contributed by atoms with Crippen LogP contribution in [-0.4, -0.2) is 23.1 Å². The molecule has 2 unspecified atom stereocenters. The van der Waals surface area contributed by atoms with Gasteiger partial charge in [0.15, 0.2) is 0 Å². The van der Waals surface area contributed by atoms with Gasteiger partial charge < -0.3 is 4.90 Å². The van der Waals surface area contributed by atoms with Gasteiger partial charge in [-0.1, -0.05) is 12.1 Å². The molecular formula is C16H16FN3.